The van der Waals surface area contributed by atoms with Gasteiger partial charge in [0, 0.05) is 5.92 Å². The second-order valence-electron chi connectivity index (χ2n) is 9.64. The number of piperidine rings is 1. The Morgan fingerprint density at radius 2 is 1.77 bits per heavy atom. The van der Waals surface area contributed by atoms with Gasteiger partial charge in [0.05, 0.1) is 9.21 Å². The number of hydrogen-bond donors (Lipinski definition) is 1. The number of ether oxygens (including phenoxy) is 1. The molecule has 7 heteroatoms. The zero-order valence-electron chi connectivity index (χ0n) is 18.2. The van der Waals surface area contributed by atoms with E-state index in [1.54, 1.807) is 0 Å². The minimum Gasteiger partial charge on any atom is -0.444 e. The van der Waals surface area contributed by atoms with Crippen molar-refractivity contribution in [1.29, 1.82) is 0 Å². The maximum atomic E-state index is 12.6. The first-order valence-corrected chi connectivity index (χ1v) is 12.4. The summed E-state index contributed by atoms with van der Waals surface area (Å²) < 4.78 is 5.94. The summed E-state index contributed by atoms with van der Waals surface area (Å²) in [6.45, 7) is 7.07. The lowest BCUT2D eigenvalue weighted by Gasteiger charge is -2.35. The second-order valence-corrected chi connectivity index (χ2v) is 11.4. The number of amides is 1. The van der Waals surface area contributed by atoms with Crippen molar-refractivity contribution in [2.45, 2.75) is 70.8 Å². The molecule has 168 valence electrons. The van der Waals surface area contributed by atoms with Gasteiger partial charge in [-0.1, -0.05) is 37.3 Å². The molecule has 1 saturated heterocycles. The number of ketones is 1. The molecule has 2 aliphatic rings. The number of primary amides is 1. The number of likely N-dealkylation sites (tertiary alicyclic amines) is 1. The summed E-state index contributed by atoms with van der Waals surface area (Å²) in [5, 5.41) is 0. The Kier molecular flexibility index (Phi) is 8.22. The van der Waals surface area contributed by atoms with Gasteiger partial charge < -0.3 is 15.4 Å². The molecule has 1 aliphatic heterocycles. The monoisotopic (exact) mass is 454 g/mol. The first kappa shape index (κ1) is 23.6. The number of Topliss-reactive ketones (excluding diaryl/α,β-unsaturated/α-hetero) is 1. The zero-order valence-corrected chi connectivity index (χ0v) is 19.8. The van der Waals surface area contributed by atoms with E-state index in [1.165, 1.54) is 43.4 Å². The summed E-state index contributed by atoms with van der Waals surface area (Å²) in [6.07, 6.45) is 8.28. The van der Waals surface area contributed by atoms with Crippen LogP contribution >= 0.6 is 22.9 Å². The molecule has 1 aromatic rings. The van der Waals surface area contributed by atoms with Gasteiger partial charge in [-0.25, -0.2) is 4.79 Å². The Morgan fingerprint density at radius 3 is 2.33 bits per heavy atom. The summed E-state index contributed by atoms with van der Waals surface area (Å²) in [5.41, 5.74) is 4.71. The van der Waals surface area contributed by atoms with Crippen molar-refractivity contribution < 1.29 is 14.3 Å². The Labute approximate surface area is 189 Å². The van der Waals surface area contributed by atoms with Gasteiger partial charge in [-0.05, 0) is 83.1 Å². The minimum absolute atomic E-state index is 0.150. The molecular formula is C23H35ClN2O3S. The van der Waals surface area contributed by atoms with E-state index in [1.807, 2.05) is 26.0 Å². The van der Waals surface area contributed by atoms with E-state index in [-0.39, 0.29) is 11.7 Å². The van der Waals surface area contributed by atoms with Crippen molar-refractivity contribution in [1.82, 2.24) is 4.90 Å². The largest absolute Gasteiger partial charge is 0.444 e. The maximum Gasteiger partial charge on any atom is 0.405 e. The fraction of sp³-hybridized carbons (Fsp3) is 0.739. The fourth-order valence-corrected chi connectivity index (χ4v) is 6.23. The van der Waals surface area contributed by atoms with E-state index < -0.39 is 11.7 Å². The quantitative estimate of drug-likeness (QED) is 0.507. The van der Waals surface area contributed by atoms with Crippen molar-refractivity contribution in [2.24, 2.45) is 23.5 Å². The highest BCUT2D eigenvalue weighted by molar-refractivity contribution is 7.18. The van der Waals surface area contributed by atoms with Crippen LogP contribution in [0.3, 0.4) is 0 Å². The average molecular weight is 455 g/mol. The molecule has 3 rings (SSSR count). The van der Waals surface area contributed by atoms with Crippen molar-refractivity contribution in [3.8, 4) is 0 Å². The highest BCUT2D eigenvalue weighted by Crippen LogP contribution is 2.36. The molecule has 0 unspecified atom stereocenters. The van der Waals surface area contributed by atoms with Crippen molar-refractivity contribution in [3.05, 3.63) is 21.3 Å². The summed E-state index contributed by atoms with van der Waals surface area (Å²) in [6, 6.07) is 3.67. The molecule has 0 bridgehead atoms. The topological polar surface area (TPSA) is 72.6 Å². The number of nitrogens with zero attached hydrogens (tertiary/aromatic N) is 1. The number of carbonyl (C=O) groups excluding carboxylic acids is 2. The van der Waals surface area contributed by atoms with Crippen LogP contribution in [0.15, 0.2) is 12.1 Å². The van der Waals surface area contributed by atoms with Gasteiger partial charge >= 0.3 is 6.09 Å². The van der Waals surface area contributed by atoms with E-state index in [0.717, 1.165) is 49.7 Å². The molecule has 5 nitrogen and oxygen atoms in total. The first-order chi connectivity index (χ1) is 14.2. The molecule has 1 amide bonds. The fourth-order valence-electron chi connectivity index (χ4n) is 5.17. The van der Waals surface area contributed by atoms with E-state index >= 15 is 0 Å². The van der Waals surface area contributed by atoms with Crippen LogP contribution < -0.4 is 5.73 Å². The maximum absolute atomic E-state index is 12.6. The van der Waals surface area contributed by atoms with Crippen LogP contribution in [0.2, 0.25) is 4.34 Å². The number of rotatable bonds is 8. The van der Waals surface area contributed by atoms with Gasteiger partial charge in [-0.15, -0.1) is 11.3 Å². The number of nitrogens with two attached hydrogens (primary N) is 1. The molecule has 1 saturated carbocycles. The van der Waals surface area contributed by atoms with Gasteiger partial charge in [-0.2, -0.15) is 0 Å². The molecular weight excluding hydrogens is 420 g/mol. The third-order valence-corrected chi connectivity index (χ3v) is 8.00. The predicted octanol–water partition coefficient (Wildman–Crippen LogP) is 5.76. The SMILES string of the molecule is CC(C)(C[C@H]1CC[C@H](CCN2CCC(C(=O)c3ccc(Cl)s3)CC2)CC1)OC(N)=O. The summed E-state index contributed by atoms with van der Waals surface area (Å²) >= 11 is 7.37. The molecule has 1 aromatic heterocycles. The molecule has 0 spiro atoms. The van der Waals surface area contributed by atoms with E-state index in [9.17, 15) is 9.59 Å². The number of hydrogen-bond acceptors (Lipinski definition) is 5. The average Bonchev–Trinajstić information content (AvgIpc) is 3.12. The van der Waals surface area contributed by atoms with Crippen LogP contribution in [-0.2, 0) is 4.74 Å². The van der Waals surface area contributed by atoms with E-state index in [4.69, 9.17) is 22.1 Å². The lowest BCUT2D eigenvalue weighted by molar-refractivity contribution is 0.0192. The number of carbonyl (C=O) groups is 2. The van der Waals surface area contributed by atoms with Crippen molar-refractivity contribution in [2.75, 3.05) is 19.6 Å². The molecule has 2 heterocycles. The molecule has 2 N–H and O–H groups in total. The van der Waals surface area contributed by atoms with Crippen molar-refractivity contribution >= 4 is 34.8 Å². The van der Waals surface area contributed by atoms with Crippen LogP contribution in [0, 0.1) is 17.8 Å². The second kappa shape index (κ2) is 10.5. The van der Waals surface area contributed by atoms with Crippen LogP contribution in [-0.4, -0.2) is 42.0 Å². The zero-order chi connectivity index (χ0) is 21.7. The first-order valence-electron chi connectivity index (χ1n) is 11.2. The summed E-state index contributed by atoms with van der Waals surface area (Å²) in [5.74, 6) is 1.82. The van der Waals surface area contributed by atoms with Crippen LogP contribution in [0.5, 0.6) is 0 Å². The van der Waals surface area contributed by atoms with Crippen molar-refractivity contribution in [3.63, 3.8) is 0 Å². The third kappa shape index (κ3) is 6.96. The van der Waals surface area contributed by atoms with Gasteiger partial charge in [0.15, 0.2) is 5.78 Å². The normalized spacial score (nSPS) is 24.0. The van der Waals surface area contributed by atoms with E-state index in [2.05, 4.69) is 4.90 Å². The lowest BCUT2D eigenvalue weighted by atomic mass is 9.76. The Bertz CT molecular complexity index is 720. The van der Waals surface area contributed by atoms with Crippen LogP contribution in [0.25, 0.3) is 0 Å². The predicted molar refractivity (Wildman–Crippen MR) is 122 cm³/mol. The third-order valence-electron chi connectivity index (χ3n) is 6.75. The summed E-state index contributed by atoms with van der Waals surface area (Å²) in [4.78, 5) is 27.0. The van der Waals surface area contributed by atoms with Gasteiger partial charge in [0.25, 0.3) is 0 Å². The number of thiophene rings is 1. The van der Waals surface area contributed by atoms with Gasteiger partial charge in [0.2, 0.25) is 0 Å². The lowest BCUT2D eigenvalue weighted by Crippen LogP contribution is -2.37. The molecule has 1 aliphatic carbocycles. The van der Waals surface area contributed by atoms with Gasteiger partial charge in [0.1, 0.15) is 5.60 Å². The number of halogens is 1. The van der Waals surface area contributed by atoms with Crippen LogP contribution in [0.4, 0.5) is 4.79 Å². The highest BCUT2D eigenvalue weighted by atomic mass is 35.5. The summed E-state index contributed by atoms with van der Waals surface area (Å²) in [7, 11) is 0. The molecule has 0 aromatic carbocycles. The van der Waals surface area contributed by atoms with Crippen LogP contribution in [0.1, 0.15) is 74.9 Å². The molecule has 0 atom stereocenters. The smallest absolute Gasteiger partial charge is 0.405 e. The molecule has 2 fully saturated rings. The molecule has 30 heavy (non-hydrogen) atoms. The Balaban J connectivity index is 1.33. The highest BCUT2D eigenvalue weighted by Gasteiger charge is 2.31. The standard InChI is InChI=1S/C23H35ClN2O3S/c1-23(2,29-22(25)28)15-17-5-3-16(4-6-17)9-12-26-13-10-18(11-14-26)21(27)19-7-8-20(24)30-19/h7-8,16-18H,3-6,9-15H2,1-2H3,(H2,25,28)/t16-,17-. The molecule has 0 radical (unpaired) electrons. The Hall–Kier alpha value is -1.11. The van der Waals surface area contributed by atoms with E-state index in [0.29, 0.717) is 10.3 Å². The minimum atomic E-state index is -0.682. The Morgan fingerprint density at radius 1 is 1.13 bits per heavy atom. The van der Waals surface area contributed by atoms with Gasteiger partial charge in [-0.3, -0.25) is 4.79 Å².